The van der Waals surface area contributed by atoms with Crippen molar-refractivity contribution in [3.05, 3.63) is 71.0 Å². The Labute approximate surface area is 162 Å². The van der Waals surface area contributed by atoms with E-state index in [-0.39, 0.29) is 21.6 Å². The molecule has 2 aromatic carbocycles. The van der Waals surface area contributed by atoms with Crippen molar-refractivity contribution in [2.24, 2.45) is 0 Å². The predicted molar refractivity (Wildman–Crippen MR) is 114 cm³/mol. The Balaban J connectivity index is 0.000000187. The summed E-state index contributed by atoms with van der Waals surface area (Å²) in [5.74, 6) is 0.501. The van der Waals surface area contributed by atoms with Gasteiger partial charge in [0.15, 0.2) is 0 Å². The van der Waals surface area contributed by atoms with Crippen LogP contribution in [-0.2, 0) is 0 Å². The summed E-state index contributed by atoms with van der Waals surface area (Å²) in [5.41, 5.74) is 6.04. The average molecular weight is 357 g/mol. The van der Waals surface area contributed by atoms with E-state index in [4.69, 9.17) is 0 Å². The van der Waals surface area contributed by atoms with Crippen molar-refractivity contribution in [2.75, 3.05) is 0 Å². The third kappa shape index (κ3) is 3.91. The summed E-state index contributed by atoms with van der Waals surface area (Å²) >= 11 is 0. The summed E-state index contributed by atoms with van der Waals surface area (Å²) < 4.78 is 0. The van der Waals surface area contributed by atoms with E-state index in [1.807, 2.05) is 52.0 Å². The maximum absolute atomic E-state index is 9.52. The first-order valence-electron chi connectivity index (χ1n) is 8.48. The second-order valence-electron chi connectivity index (χ2n) is 6.48. The van der Waals surface area contributed by atoms with Crippen LogP contribution in [0, 0.1) is 27.7 Å². The van der Waals surface area contributed by atoms with E-state index in [0.717, 1.165) is 21.9 Å². The zero-order valence-corrected chi connectivity index (χ0v) is 15.4. The van der Waals surface area contributed by atoms with Gasteiger partial charge in [0, 0.05) is 23.2 Å². The van der Waals surface area contributed by atoms with E-state index in [1.54, 1.807) is 24.5 Å². The van der Waals surface area contributed by atoms with Gasteiger partial charge in [-0.05, 0) is 62.1 Å². The Hall–Kier alpha value is -2.97. The Morgan fingerprint density at radius 3 is 1.37 bits per heavy atom. The van der Waals surface area contributed by atoms with Crippen LogP contribution >= 0.6 is 0 Å². The van der Waals surface area contributed by atoms with Crippen molar-refractivity contribution in [2.45, 2.75) is 27.7 Å². The first-order chi connectivity index (χ1) is 12.4. The fourth-order valence-corrected chi connectivity index (χ4v) is 2.88. The van der Waals surface area contributed by atoms with E-state index in [1.165, 1.54) is 11.1 Å². The van der Waals surface area contributed by atoms with Gasteiger partial charge in [-0.25, -0.2) is 0 Å². The summed E-state index contributed by atoms with van der Waals surface area (Å²) in [6.07, 6.45) is 3.58. The summed E-state index contributed by atoms with van der Waals surface area (Å²) in [4.78, 5) is 8.38. The van der Waals surface area contributed by atoms with Gasteiger partial charge in [0.1, 0.15) is 22.5 Å². The van der Waals surface area contributed by atoms with Crippen molar-refractivity contribution in [1.82, 2.24) is 9.97 Å². The molecule has 0 amide bonds. The minimum absolute atomic E-state index is 0. The van der Waals surface area contributed by atoms with Gasteiger partial charge in [-0.3, -0.25) is 9.97 Å². The van der Waals surface area contributed by atoms with Crippen LogP contribution in [-0.4, -0.2) is 30.3 Å². The molecule has 0 radical (unpaired) electrons. The molecule has 27 heavy (non-hydrogen) atoms. The normalized spacial score (nSPS) is 10.2. The first-order valence-corrected chi connectivity index (χ1v) is 8.48. The molecule has 0 saturated heterocycles. The van der Waals surface area contributed by atoms with Gasteiger partial charge >= 0.3 is 10.1 Å². The quantitative estimate of drug-likeness (QED) is 0.463. The van der Waals surface area contributed by atoms with Gasteiger partial charge in [0.25, 0.3) is 0 Å². The van der Waals surface area contributed by atoms with Crippen LogP contribution in [0.4, 0.5) is 0 Å². The zero-order chi connectivity index (χ0) is 18.8. The number of rotatable bonds is 0. The van der Waals surface area contributed by atoms with E-state index >= 15 is 0 Å². The number of nitrogens with zero attached hydrogens (tertiary/aromatic N) is 2. The van der Waals surface area contributed by atoms with E-state index in [0.29, 0.717) is 11.0 Å². The fourth-order valence-electron chi connectivity index (χ4n) is 2.88. The molecule has 4 rings (SSSR count). The monoisotopic (exact) mass is 357 g/mol. The molecule has 0 fully saturated rings. The third-order valence-electron chi connectivity index (χ3n) is 4.80. The number of fused-ring (bicyclic) bond motifs is 2. The molecule has 0 saturated carbocycles. The molecular weight excluding hydrogens is 333 g/mol. The first kappa shape index (κ1) is 20.3. The number of para-hydroxylation sites is 2. The van der Waals surface area contributed by atoms with Crippen molar-refractivity contribution in [1.29, 1.82) is 0 Å². The number of aryl methyl sites for hydroxylation is 4. The molecule has 5 heteroatoms. The molecule has 2 heterocycles. The molecular formula is C22H24BeN2O2. The number of hydrogen-bond acceptors (Lipinski definition) is 4. The van der Waals surface area contributed by atoms with Gasteiger partial charge in [-0.2, -0.15) is 0 Å². The molecule has 0 spiro atoms. The van der Waals surface area contributed by atoms with Crippen LogP contribution in [0.2, 0.25) is 0 Å². The SMILES string of the molecule is Cc1cnc2c(O)cccc2c1C.Cc1cnc2c(O)cccc2c1C.[BeH2]. The summed E-state index contributed by atoms with van der Waals surface area (Å²) in [6.45, 7) is 8.12. The van der Waals surface area contributed by atoms with Crippen molar-refractivity contribution >= 4 is 31.9 Å². The number of phenolic OH excluding ortho intramolecular Hbond substituents is 2. The summed E-state index contributed by atoms with van der Waals surface area (Å²) in [6, 6.07) is 10.9. The Kier molecular flexibility index (Phi) is 6.14. The number of pyridine rings is 2. The van der Waals surface area contributed by atoms with E-state index < -0.39 is 0 Å². The average Bonchev–Trinajstić information content (AvgIpc) is 2.63. The minimum atomic E-state index is 0. The van der Waals surface area contributed by atoms with Gasteiger partial charge < -0.3 is 10.2 Å². The van der Waals surface area contributed by atoms with E-state index in [2.05, 4.69) is 9.97 Å². The second kappa shape index (κ2) is 8.15. The van der Waals surface area contributed by atoms with Gasteiger partial charge in [0.2, 0.25) is 0 Å². The number of phenols is 2. The van der Waals surface area contributed by atoms with Crippen LogP contribution in [0.1, 0.15) is 22.3 Å². The predicted octanol–water partition coefficient (Wildman–Crippen LogP) is 4.20. The van der Waals surface area contributed by atoms with Gasteiger partial charge in [0.05, 0.1) is 0 Å². The van der Waals surface area contributed by atoms with Crippen molar-refractivity contribution in [3.63, 3.8) is 0 Å². The third-order valence-corrected chi connectivity index (χ3v) is 4.80. The Morgan fingerprint density at radius 2 is 1.00 bits per heavy atom. The molecule has 2 N–H and O–H groups in total. The summed E-state index contributed by atoms with van der Waals surface area (Å²) in [7, 11) is 0. The van der Waals surface area contributed by atoms with Crippen LogP contribution in [0.3, 0.4) is 0 Å². The molecule has 0 aliphatic heterocycles. The number of benzene rings is 2. The number of hydrogen-bond donors (Lipinski definition) is 2. The standard InChI is InChI=1S/2C11H11NO.Be.2H/c2*1-7-6-12-11-9(8(7)2)4-3-5-10(11)13;;;/h2*3-6,13H,1-2H3;;;. The van der Waals surface area contributed by atoms with Crippen LogP contribution in [0.15, 0.2) is 48.8 Å². The zero-order valence-electron chi connectivity index (χ0n) is 15.4. The van der Waals surface area contributed by atoms with Gasteiger partial charge in [-0.15, -0.1) is 0 Å². The molecule has 0 atom stereocenters. The second-order valence-corrected chi connectivity index (χ2v) is 6.48. The van der Waals surface area contributed by atoms with Crippen LogP contribution in [0.25, 0.3) is 21.8 Å². The van der Waals surface area contributed by atoms with Crippen LogP contribution in [0.5, 0.6) is 11.5 Å². The molecule has 4 nitrogen and oxygen atoms in total. The fraction of sp³-hybridized carbons (Fsp3) is 0.182. The van der Waals surface area contributed by atoms with E-state index in [9.17, 15) is 10.2 Å². The molecule has 0 aliphatic carbocycles. The van der Waals surface area contributed by atoms with Crippen LogP contribution < -0.4 is 0 Å². The molecule has 2 aromatic heterocycles. The van der Waals surface area contributed by atoms with Crippen molar-refractivity contribution < 1.29 is 10.2 Å². The number of aromatic hydroxyl groups is 2. The maximum atomic E-state index is 9.52. The topological polar surface area (TPSA) is 66.2 Å². The summed E-state index contributed by atoms with van der Waals surface area (Å²) in [5, 5.41) is 21.1. The molecule has 0 aliphatic rings. The Bertz CT molecular complexity index is 1020. The molecule has 0 bridgehead atoms. The molecule has 0 unspecified atom stereocenters. The van der Waals surface area contributed by atoms with Gasteiger partial charge in [-0.1, -0.05) is 24.3 Å². The molecule has 136 valence electrons. The number of aromatic nitrogens is 2. The van der Waals surface area contributed by atoms with Crippen molar-refractivity contribution in [3.8, 4) is 11.5 Å². The molecule has 4 aromatic rings. The Morgan fingerprint density at radius 1 is 0.630 bits per heavy atom.